The molecule has 6 aliphatic heterocycles. The van der Waals surface area contributed by atoms with Gasteiger partial charge in [0.1, 0.15) is 24.9 Å². The zero-order valence-corrected chi connectivity index (χ0v) is 31.9. The summed E-state index contributed by atoms with van der Waals surface area (Å²) in [5.41, 5.74) is 0. The SMILES string of the molecule is C1CCC2C(C1)C1C3C4CCCCC4N(C4CC(C5NCCO5)CC(C5NCCO5)C4)C3CCC1N2C1CC(C2NCCO2)CC(C2NCCO2)C1. The van der Waals surface area contributed by atoms with Crippen LogP contribution in [0.1, 0.15) is 103 Å². The third-order valence-electron chi connectivity index (χ3n) is 17.2. The second kappa shape index (κ2) is 14.8. The molecule has 52 heavy (non-hydrogen) atoms. The molecule has 0 aromatic heterocycles. The van der Waals surface area contributed by atoms with E-state index in [1.807, 2.05) is 0 Å². The molecule has 16 unspecified atom stereocenters. The normalized spacial score (nSPS) is 54.2. The lowest BCUT2D eigenvalue weighted by atomic mass is 9.61. The smallest absolute Gasteiger partial charge is 0.111 e. The molecule has 5 saturated carbocycles. The van der Waals surface area contributed by atoms with Gasteiger partial charge in [-0.3, -0.25) is 31.1 Å². The van der Waals surface area contributed by atoms with Crippen LogP contribution < -0.4 is 21.3 Å². The van der Waals surface area contributed by atoms with Crippen LogP contribution in [0.5, 0.6) is 0 Å². The third-order valence-corrected chi connectivity index (χ3v) is 17.2. The van der Waals surface area contributed by atoms with Gasteiger partial charge in [0.2, 0.25) is 0 Å². The van der Waals surface area contributed by atoms with E-state index in [4.69, 9.17) is 18.9 Å². The molecule has 0 aromatic rings. The summed E-state index contributed by atoms with van der Waals surface area (Å²) < 4.78 is 25.5. The molecule has 0 radical (unpaired) electrons. The number of ether oxygens (including phenoxy) is 4. The number of hydrogen-bond donors (Lipinski definition) is 4. The van der Waals surface area contributed by atoms with E-state index in [1.54, 1.807) is 0 Å². The fraction of sp³-hybridized carbons (Fsp3) is 1.00. The second-order valence-corrected chi connectivity index (χ2v) is 19.5. The van der Waals surface area contributed by atoms with Crippen molar-refractivity contribution in [3.8, 4) is 0 Å². The van der Waals surface area contributed by atoms with E-state index >= 15 is 0 Å². The summed E-state index contributed by atoms with van der Waals surface area (Å²) in [7, 11) is 0. The number of nitrogens with zero attached hydrogens (tertiary/aromatic N) is 2. The Hall–Kier alpha value is -0.400. The van der Waals surface area contributed by atoms with Crippen molar-refractivity contribution < 1.29 is 18.9 Å². The molecule has 4 N–H and O–H groups in total. The maximum Gasteiger partial charge on any atom is 0.111 e. The molecule has 10 heteroatoms. The van der Waals surface area contributed by atoms with Crippen molar-refractivity contribution >= 4 is 0 Å². The van der Waals surface area contributed by atoms with Crippen molar-refractivity contribution in [3.05, 3.63) is 0 Å². The first-order valence-corrected chi connectivity index (χ1v) is 22.7. The maximum absolute atomic E-state index is 6.37. The van der Waals surface area contributed by atoms with Crippen molar-refractivity contribution in [1.82, 2.24) is 31.1 Å². The summed E-state index contributed by atoms with van der Waals surface area (Å²) in [4.78, 5) is 6.54. The number of fused-ring (bicyclic) bond motifs is 7. The van der Waals surface area contributed by atoms with Crippen LogP contribution in [-0.4, -0.2) is 124 Å². The fourth-order valence-electron chi connectivity index (χ4n) is 15.8. The topological polar surface area (TPSA) is 91.5 Å². The van der Waals surface area contributed by atoms with Crippen molar-refractivity contribution in [3.63, 3.8) is 0 Å². The first-order chi connectivity index (χ1) is 25.8. The Labute approximate surface area is 313 Å². The largest absolute Gasteiger partial charge is 0.362 e. The van der Waals surface area contributed by atoms with Gasteiger partial charge in [-0.2, -0.15) is 0 Å². The number of hydrogen-bond acceptors (Lipinski definition) is 10. The Morgan fingerprint density at radius 3 is 1.04 bits per heavy atom. The van der Waals surface area contributed by atoms with Crippen LogP contribution in [0.15, 0.2) is 0 Å². The minimum absolute atomic E-state index is 0.229. The predicted octanol–water partition coefficient (Wildman–Crippen LogP) is 3.85. The lowest BCUT2D eigenvalue weighted by molar-refractivity contribution is -0.0608. The van der Waals surface area contributed by atoms with Gasteiger partial charge in [-0.05, 0) is 101 Å². The lowest BCUT2D eigenvalue weighted by Gasteiger charge is -2.50. The molecule has 0 amide bonds. The molecule has 11 fully saturated rings. The second-order valence-electron chi connectivity index (χ2n) is 19.5. The molecule has 11 rings (SSSR count). The lowest BCUT2D eigenvalue weighted by Crippen LogP contribution is -2.56. The van der Waals surface area contributed by atoms with Crippen molar-refractivity contribution in [2.24, 2.45) is 47.3 Å². The Balaban J connectivity index is 0.901. The van der Waals surface area contributed by atoms with Crippen molar-refractivity contribution in [2.75, 3.05) is 52.6 Å². The molecular formula is C42H70N6O4. The van der Waals surface area contributed by atoms with Gasteiger partial charge in [-0.15, -0.1) is 0 Å². The van der Waals surface area contributed by atoms with E-state index in [0.29, 0.717) is 35.8 Å². The molecule has 292 valence electrons. The van der Waals surface area contributed by atoms with Gasteiger partial charge < -0.3 is 18.9 Å². The molecule has 5 aliphatic carbocycles. The molecule has 6 saturated heterocycles. The van der Waals surface area contributed by atoms with Crippen LogP contribution in [0, 0.1) is 47.3 Å². The van der Waals surface area contributed by atoms with Gasteiger partial charge in [0.25, 0.3) is 0 Å². The van der Waals surface area contributed by atoms with E-state index < -0.39 is 0 Å². The van der Waals surface area contributed by atoms with Gasteiger partial charge in [0.05, 0.1) is 26.4 Å². The summed E-state index contributed by atoms with van der Waals surface area (Å²) in [5.74, 6) is 5.91. The highest BCUT2D eigenvalue weighted by atomic mass is 16.5. The summed E-state index contributed by atoms with van der Waals surface area (Å²) in [6.45, 7) is 7.50. The zero-order valence-electron chi connectivity index (χ0n) is 31.9. The molecule has 0 bridgehead atoms. The fourth-order valence-corrected chi connectivity index (χ4v) is 15.8. The van der Waals surface area contributed by atoms with Crippen LogP contribution in [0.4, 0.5) is 0 Å². The summed E-state index contributed by atoms with van der Waals surface area (Å²) >= 11 is 0. The third kappa shape index (κ3) is 6.10. The number of likely N-dealkylation sites (tertiary alicyclic amines) is 2. The zero-order chi connectivity index (χ0) is 34.2. The highest BCUT2D eigenvalue weighted by Gasteiger charge is 2.64. The summed E-state index contributed by atoms with van der Waals surface area (Å²) in [5, 5.41) is 15.1. The maximum atomic E-state index is 6.37. The van der Waals surface area contributed by atoms with Crippen LogP contribution >= 0.6 is 0 Å². The standard InChI is InChI=1S/C42H70N6O4/c1-3-7-33-31(5-1)37-35(47(33)29-21-25(39-43-11-15-49-39)19-26(22-29)40-44-12-16-50-40)9-10-36-38(37)32-6-2-4-8-34(32)48(36)30-23-27(41-45-13-17-51-41)20-28(24-30)42-46-14-18-52-42/h25-46H,1-24H2. The van der Waals surface area contributed by atoms with Crippen LogP contribution in [-0.2, 0) is 18.9 Å². The minimum atomic E-state index is 0.229. The van der Waals surface area contributed by atoms with Crippen molar-refractivity contribution in [1.29, 1.82) is 0 Å². The van der Waals surface area contributed by atoms with E-state index in [-0.39, 0.29) is 24.9 Å². The molecule has 6 heterocycles. The Kier molecular flexibility index (Phi) is 9.93. The molecular weight excluding hydrogens is 653 g/mol. The molecule has 10 nitrogen and oxygen atoms in total. The highest BCUT2D eigenvalue weighted by molar-refractivity contribution is 5.17. The van der Waals surface area contributed by atoms with Gasteiger partial charge in [-0.1, -0.05) is 25.7 Å². The van der Waals surface area contributed by atoms with E-state index in [9.17, 15) is 0 Å². The van der Waals surface area contributed by atoms with Crippen molar-refractivity contribution in [2.45, 2.75) is 164 Å². The van der Waals surface area contributed by atoms with Crippen LogP contribution in [0.2, 0.25) is 0 Å². The monoisotopic (exact) mass is 723 g/mol. The van der Waals surface area contributed by atoms with E-state index in [2.05, 4.69) is 31.1 Å². The quantitative estimate of drug-likeness (QED) is 0.325. The molecule has 0 aromatic carbocycles. The van der Waals surface area contributed by atoms with E-state index in [1.165, 1.54) is 103 Å². The number of rotatable bonds is 6. The molecule has 16 atom stereocenters. The Bertz CT molecular complexity index is 1080. The first-order valence-electron chi connectivity index (χ1n) is 22.7. The Morgan fingerprint density at radius 1 is 0.365 bits per heavy atom. The molecule has 11 aliphatic rings. The Morgan fingerprint density at radius 2 is 0.712 bits per heavy atom. The van der Waals surface area contributed by atoms with Gasteiger partial charge in [0, 0.05) is 86.1 Å². The summed E-state index contributed by atoms with van der Waals surface area (Å²) in [6, 6.07) is 4.45. The highest BCUT2D eigenvalue weighted by Crippen LogP contribution is 2.61. The first kappa shape index (κ1) is 34.8. The average molecular weight is 723 g/mol. The molecule has 0 spiro atoms. The average Bonchev–Trinajstić information content (AvgIpc) is 4.04. The van der Waals surface area contributed by atoms with Crippen LogP contribution in [0.25, 0.3) is 0 Å². The van der Waals surface area contributed by atoms with Crippen LogP contribution in [0.3, 0.4) is 0 Å². The summed E-state index contributed by atoms with van der Waals surface area (Å²) in [6.07, 6.45) is 23.0. The van der Waals surface area contributed by atoms with Gasteiger partial charge in [0.15, 0.2) is 0 Å². The predicted molar refractivity (Wildman–Crippen MR) is 199 cm³/mol. The van der Waals surface area contributed by atoms with Gasteiger partial charge in [-0.25, -0.2) is 0 Å². The van der Waals surface area contributed by atoms with Gasteiger partial charge >= 0.3 is 0 Å². The number of nitrogens with one attached hydrogen (secondary N) is 4. The minimum Gasteiger partial charge on any atom is -0.362 e. The van der Waals surface area contributed by atoms with E-state index in [0.717, 1.165) is 100 Å².